The van der Waals surface area contributed by atoms with E-state index in [1.165, 1.54) is 31.7 Å². The van der Waals surface area contributed by atoms with E-state index in [0.29, 0.717) is 32.1 Å². The molecule has 1 saturated heterocycles. The van der Waals surface area contributed by atoms with Gasteiger partial charge in [0.05, 0.1) is 13.2 Å². The topological polar surface area (TPSA) is 283 Å². The van der Waals surface area contributed by atoms with Crippen molar-refractivity contribution in [3.8, 4) is 0 Å². The van der Waals surface area contributed by atoms with Crippen LogP contribution in [-0.4, -0.2) is 91.5 Å². The summed E-state index contributed by atoms with van der Waals surface area (Å²) in [6.45, 7) is 1.89. The number of ketones is 1. The van der Waals surface area contributed by atoms with E-state index in [-0.39, 0.29) is 24.4 Å². The molecule has 0 saturated carbocycles. The Labute approximate surface area is 419 Å². The van der Waals surface area contributed by atoms with Gasteiger partial charge in [-0.15, -0.1) is 0 Å². The van der Waals surface area contributed by atoms with Crippen LogP contribution in [0.5, 0.6) is 0 Å². The minimum Gasteiger partial charge on any atom is -0.462 e. The zero-order valence-corrected chi connectivity index (χ0v) is 43.3. The summed E-state index contributed by atoms with van der Waals surface area (Å²) in [5, 5.41) is 20.9. The lowest BCUT2D eigenvalue weighted by atomic mass is 10.1. The van der Waals surface area contributed by atoms with Crippen LogP contribution < -0.4 is 11.4 Å². The molecule has 0 bridgehead atoms. The van der Waals surface area contributed by atoms with E-state index >= 15 is 0 Å². The second kappa shape index (κ2) is 37.6. The van der Waals surface area contributed by atoms with Crippen molar-refractivity contribution >= 4 is 39.2 Å². The van der Waals surface area contributed by atoms with Crippen molar-refractivity contribution < 1.29 is 71.1 Å². The predicted molar refractivity (Wildman–Crippen MR) is 270 cm³/mol. The number of phosphoric acid groups is 2. The van der Waals surface area contributed by atoms with Crippen LogP contribution in [0.15, 0.2) is 90.0 Å². The highest BCUT2D eigenvalue weighted by Gasteiger charge is 2.46. The number of anilines is 1. The Morgan fingerprint density at radius 2 is 1.28 bits per heavy atom. The molecular formula is C50H79N3O16P2. The van der Waals surface area contributed by atoms with Gasteiger partial charge in [0.15, 0.2) is 18.1 Å². The van der Waals surface area contributed by atoms with Crippen molar-refractivity contribution in [1.82, 2.24) is 9.55 Å². The smallest absolute Gasteiger partial charge is 0.462 e. The molecular weight excluding hydrogens is 961 g/mol. The van der Waals surface area contributed by atoms with Crippen LogP contribution in [0.4, 0.5) is 5.82 Å². The van der Waals surface area contributed by atoms with Crippen LogP contribution in [0, 0.1) is 0 Å². The van der Waals surface area contributed by atoms with Crippen LogP contribution in [0.1, 0.15) is 155 Å². The number of aromatic nitrogens is 2. The zero-order valence-electron chi connectivity index (χ0n) is 41.5. The second-order valence-corrected chi connectivity index (χ2v) is 20.0. The first kappa shape index (κ1) is 63.0. The molecule has 1 aliphatic rings. The van der Waals surface area contributed by atoms with Crippen molar-refractivity contribution in [2.45, 2.75) is 179 Å². The maximum Gasteiger partial charge on any atom is 0.481 e. The molecule has 2 heterocycles. The highest BCUT2D eigenvalue weighted by molar-refractivity contribution is 7.61. The lowest BCUT2D eigenvalue weighted by molar-refractivity contribution is -0.161. The van der Waals surface area contributed by atoms with Crippen LogP contribution in [-0.2, 0) is 51.1 Å². The number of nitrogens with two attached hydrogens (primary N) is 1. The first-order valence-electron chi connectivity index (χ1n) is 24.9. The maximum absolute atomic E-state index is 12.8. The number of aliphatic hydroxyl groups excluding tert-OH is 2. The van der Waals surface area contributed by atoms with Crippen LogP contribution >= 0.6 is 15.6 Å². The van der Waals surface area contributed by atoms with E-state index in [9.17, 15) is 48.3 Å². The SMILES string of the molecule is CCCCC/C=C\C=C\C(=O)CCCCCCCC(=O)OC[C@H](COP(=O)(O)OP(=O)(O)OC[C@H]1O[C@@H](n2ccc(N)nc2=O)[C@H](O)[C@@H]1O)OC(=O)CCC/C=C\C/C=C\C/C=C\C/C=C\CCCCC. The number of rotatable bonds is 40. The minimum atomic E-state index is -5.46. The third kappa shape index (κ3) is 30.5. The van der Waals surface area contributed by atoms with Crippen molar-refractivity contribution in [2.75, 3.05) is 25.6 Å². The molecule has 1 aliphatic heterocycles. The van der Waals surface area contributed by atoms with Gasteiger partial charge < -0.3 is 39.9 Å². The Kier molecular flexibility index (Phi) is 33.3. The van der Waals surface area contributed by atoms with Crippen molar-refractivity contribution in [2.24, 2.45) is 0 Å². The molecule has 2 rings (SSSR count). The number of hydrogen-bond acceptors (Lipinski definition) is 16. The Morgan fingerprint density at radius 1 is 0.718 bits per heavy atom. The fourth-order valence-corrected chi connectivity index (χ4v) is 8.93. The first-order valence-corrected chi connectivity index (χ1v) is 27.9. The summed E-state index contributed by atoms with van der Waals surface area (Å²) in [6, 6.07) is 1.24. The van der Waals surface area contributed by atoms with Gasteiger partial charge in [-0.3, -0.25) is 28.0 Å². The minimum absolute atomic E-state index is 0.0281. The van der Waals surface area contributed by atoms with Crippen molar-refractivity contribution in [1.29, 1.82) is 0 Å². The van der Waals surface area contributed by atoms with Gasteiger partial charge >= 0.3 is 33.3 Å². The highest BCUT2D eigenvalue weighted by atomic mass is 31.3. The van der Waals surface area contributed by atoms with E-state index in [1.807, 2.05) is 24.3 Å². The monoisotopic (exact) mass is 1040 g/mol. The number of esters is 2. The summed E-state index contributed by atoms with van der Waals surface area (Å²) in [6.07, 6.45) is 33.9. The number of hydrogen-bond donors (Lipinski definition) is 5. The molecule has 400 valence electrons. The summed E-state index contributed by atoms with van der Waals surface area (Å²) in [5.74, 6) is -1.42. The third-order valence-corrected chi connectivity index (χ3v) is 13.3. The molecule has 7 atom stereocenters. The van der Waals surface area contributed by atoms with Gasteiger partial charge in [0.2, 0.25) is 0 Å². The number of phosphoric ester groups is 2. The molecule has 21 heteroatoms. The average molecular weight is 1040 g/mol. The molecule has 19 nitrogen and oxygen atoms in total. The quantitative estimate of drug-likeness (QED) is 0.0102. The van der Waals surface area contributed by atoms with Gasteiger partial charge in [-0.2, -0.15) is 9.29 Å². The number of aliphatic hydroxyl groups is 2. The molecule has 1 fully saturated rings. The number of carbonyl (C=O) groups is 3. The Morgan fingerprint density at radius 3 is 1.92 bits per heavy atom. The Bertz CT molecular complexity index is 2040. The lowest BCUT2D eigenvalue weighted by Gasteiger charge is -2.21. The molecule has 71 heavy (non-hydrogen) atoms. The van der Waals surface area contributed by atoms with Gasteiger partial charge in [0, 0.05) is 25.5 Å². The number of allylic oxidation sites excluding steroid dienone is 12. The van der Waals surface area contributed by atoms with E-state index < -0.39 is 83.7 Å². The standard InChI is InChI=1S/C50H79N3O16P2/c1-3-5-7-9-11-12-13-14-15-16-17-18-19-20-22-26-31-35-46(56)67-42(38-64-45(55)34-30-27-23-25-29-33-41(54)32-28-24-21-10-8-6-4-2)39-65-70(60,61)69-71(62,63)66-40-43-47(57)48(58)49(68-43)53-37-36-44(51)52-50(53)59/h11-12,14-15,17-18,20-22,24,28,32,36-37,42-43,47-49,57-58H,3-10,13,16,19,23,25-27,29-31,33-35,38-40H2,1-2H3,(H,60,61)(H,62,63)(H2,51,52,59)/b12-11-,15-14-,18-17-,22-20-,24-21-,32-28+/t42-,43-,47-,48-,49-/m1/s1. The Hall–Kier alpha value is -4.13. The normalized spacial score (nSPS) is 19.7. The third-order valence-electron chi connectivity index (χ3n) is 10.7. The average Bonchev–Trinajstić information content (AvgIpc) is 3.60. The maximum atomic E-state index is 12.8. The van der Waals surface area contributed by atoms with E-state index in [2.05, 4.69) is 59.6 Å². The molecule has 0 spiro atoms. The summed E-state index contributed by atoms with van der Waals surface area (Å²) in [4.78, 5) is 73.9. The van der Waals surface area contributed by atoms with Crippen LogP contribution in [0.2, 0.25) is 0 Å². The summed E-state index contributed by atoms with van der Waals surface area (Å²) in [7, 11) is -10.9. The molecule has 0 radical (unpaired) electrons. The molecule has 1 aromatic heterocycles. The largest absolute Gasteiger partial charge is 0.481 e. The first-order chi connectivity index (χ1) is 34.1. The van der Waals surface area contributed by atoms with E-state index in [0.717, 1.165) is 75.0 Å². The van der Waals surface area contributed by atoms with Crippen molar-refractivity contribution in [3.63, 3.8) is 0 Å². The number of carbonyl (C=O) groups excluding carboxylic acids is 3. The fraction of sp³-hybridized carbons (Fsp3) is 0.620. The fourth-order valence-electron chi connectivity index (χ4n) is 6.82. The Balaban J connectivity index is 1.86. The number of unbranched alkanes of at least 4 members (excludes halogenated alkanes) is 11. The van der Waals surface area contributed by atoms with Crippen LogP contribution in [0.25, 0.3) is 0 Å². The lowest BCUT2D eigenvalue weighted by Crippen LogP contribution is -2.36. The van der Waals surface area contributed by atoms with E-state index in [4.69, 9.17) is 29.0 Å². The molecule has 6 N–H and O–H groups in total. The van der Waals surface area contributed by atoms with Crippen LogP contribution in [0.3, 0.4) is 0 Å². The summed E-state index contributed by atoms with van der Waals surface area (Å²) in [5.41, 5.74) is 4.57. The molecule has 0 aliphatic carbocycles. The number of nitrogen functional groups attached to an aromatic ring is 1. The molecule has 0 amide bonds. The highest BCUT2D eigenvalue weighted by Crippen LogP contribution is 2.60. The van der Waals surface area contributed by atoms with Gasteiger partial charge in [-0.25, -0.2) is 13.9 Å². The van der Waals surface area contributed by atoms with Gasteiger partial charge in [0.25, 0.3) is 0 Å². The van der Waals surface area contributed by atoms with Crippen molar-refractivity contribution in [3.05, 3.63) is 95.7 Å². The van der Waals surface area contributed by atoms with Gasteiger partial charge in [-0.1, -0.05) is 126 Å². The number of nitrogens with zero attached hydrogens (tertiary/aromatic N) is 2. The van der Waals surface area contributed by atoms with Gasteiger partial charge in [-0.05, 0) is 82.8 Å². The predicted octanol–water partition coefficient (Wildman–Crippen LogP) is 9.29. The molecule has 0 aromatic carbocycles. The molecule has 2 unspecified atom stereocenters. The van der Waals surface area contributed by atoms with E-state index in [1.54, 1.807) is 12.2 Å². The summed E-state index contributed by atoms with van der Waals surface area (Å²) < 4.78 is 56.6. The zero-order chi connectivity index (χ0) is 52.2. The number of ether oxygens (including phenoxy) is 3. The van der Waals surface area contributed by atoms with Gasteiger partial charge in [0.1, 0.15) is 30.7 Å². The second-order valence-electron chi connectivity index (χ2n) is 17.0. The summed E-state index contributed by atoms with van der Waals surface area (Å²) >= 11 is 0. The molecule has 1 aromatic rings.